The number of benzene rings is 3. The average molecular weight is 621 g/mol. The zero-order valence-electron chi connectivity index (χ0n) is 24.4. The first-order valence-corrected chi connectivity index (χ1v) is 15.3. The molecule has 228 valence electrons. The van der Waals surface area contributed by atoms with Gasteiger partial charge in [-0.05, 0) is 66.3 Å². The second-order valence-corrected chi connectivity index (χ2v) is 12.2. The molecule has 6 rings (SSSR count). The van der Waals surface area contributed by atoms with Crippen molar-refractivity contribution in [3.8, 4) is 22.8 Å². The van der Waals surface area contributed by atoms with E-state index in [0.717, 1.165) is 40.7 Å². The summed E-state index contributed by atoms with van der Waals surface area (Å²) in [6.07, 6.45) is -2.41. The Morgan fingerprint density at radius 3 is 2.55 bits per heavy atom. The molecule has 1 saturated carbocycles. The molecule has 3 aromatic carbocycles. The SMILES string of the molecule is Cc1ccc(C(C)C)c(N2CCSC2=NC(=O)NC2CC2c2ccc(-c3ncn(-c4ccc(OC(F)(F)F)cc4)n3)cc2)c1. The van der Waals surface area contributed by atoms with Crippen molar-refractivity contribution in [2.24, 2.45) is 4.99 Å². The molecule has 1 aromatic heterocycles. The van der Waals surface area contributed by atoms with Crippen molar-refractivity contribution in [1.82, 2.24) is 20.1 Å². The van der Waals surface area contributed by atoms with E-state index in [1.54, 1.807) is 11.8 Å². The molecule has 1 saturated heterocycles. The summed E-state index contributed by atoms with van der Waals surface area (Å²) in [4.78, 5) is 23.9. The van der Waals surface area contributed by atoms with E-state index in [9.17, 15) is 18.0 Å². The second kappa shape index (κ2) is 12.0. The lowest BCUT2D eigenvalue weighted by Crippen LogP contribution is -2.29. The number of aryl methyl sites for hydroxylation is 1. The molecule has 2 heterocycles. The van der Waals surface area contributed by atoms with Crippen molar-refractivity contribution in [2.75, 3.05) is 17.2 Å². The van der Waals surface area contributed by atoms with Gasteiger partial charge in [-0.2, -0.15) is 4.99 Å². The third kappa shape index (κ3) is 6.75. The van der Waals surface area contributed by atoms with Gasteiger partial charge >= 0.3 is 12.4 Å². The number of halogens is 3. The Morgan fingerprint density at radius 2 is 1.84 bits per heavy atom. The number of amides is 2. The number of ether oxygens (including phenoxy) is 1. The average Bonchev–Trinajstić information content (AvgIpc) is 3.33. The first-order chi connectivity index (χ1) is 21.0. The van der Waals surface area contributed by atoms with E-state index in [-0.39, 0.29) is 23.7 Å². The minimum absolute atomic E-state index is 0.0179. The second-order valence-electron chi connectivity index (χ2n) is 11.2. The Morgan fingerprint density at radius 1 is 1.09 bits per heavy atom. The van der Waals surface area contributed by atoms with Crippen LogP contribution in [0.3, 0.4) is 0 Å². The standard InChI is InChI=1S/C32H31F3N6O2S/c1-19(2)25-13-4-20(3)16-28(25)40-14-15-44-31(40)38-30(42)37-27-17-26(27)21-5-7-22(8-6-21)29-36-18-41(39-29)23-9-11-24(12-10-23)43-32(33,34)35/h4-13,16,18-19,26-27H,14-15,17H2,1-3H3,(H,37,42). The van der Waals surface area contributed by atoms with E-state index < -0.39 is 6.36 Å². The monoisotopic (exact) mass is 620 g/mol. The molecule has 1 N–H and O–H groups in total. The van der Waals surface area contributed by atoms with E-state index >= 15 is 0 Å². The molecule has 8 nitrogen and oxygen atoms in total. The number of hydrogen-bond acceptors (Lipinski definition) is 5. The Balaban J connectivity index is 1.07. The lowest BCUT2D eigenvalue weighted by atomic mass is 9.99. The summed E-state index contributed by atoms with van der Waals surface area (Å²) in [6.45, 7) is 7.24. The zero-order chi connectivity index (χ0) is 31.0. The maximum Gasteiger partial charge on any atom is 0.573 e. The number of rotatable bonds is 7. The van der Waals surface area contributed by atoms with Gasteiger partial charge in [0.15, 0.2) is 11.0 Å². The molecule has 2 aliphatic rings. The van der Waals surface area contributed by atoms with Gasteiger partial charge in [-0.15, -0.1) is 18.3 Å². The molecule has 44 heavy (non-hydrogen) atoms. The topological polar surface area (TPSA) is 84.6 Å². The molecule has 4 aromatic rings. The summed E-state index contributed by atoms with van der Waals surface area (Å²) in [6, 6.07) is 19.4. The summed E-state index contributed by atoms with van der Waals surface area (Å²) in [5, 5.41) is 8.26. The van der Waals surface area contributed by atoms with Crippen LogP contribution in [-0.2, 0) is 0 Å². The highest BCUT2D eigenvalue weighted by atomic mass is 32.2. The first-order valence-electron chi connectivity index (χ1n) is 14.3. The van der Waals surface area contributed by atoms with Crippen molar-refractivity contribution in [1.29, 1.82) is 0 Å². The van der Waals surface area contributed by atoms with Crippen molar-refractivity contribution in [3.63, 3.8) is 0 Å². The predicted molar refractivity (Wildman–Crippen MR) is 166 cm³/mol. The quantitative estimate of drug-likeness (QED) is 0.231. The maximum atomic E-state index is 12.9. The van der Waals surface area contributed by atoms with Gasteiger partial charge in [0.25, 0.3) is 0 Å². The van der Waals surface area contributed by atoms with Gasteiger partial charge in [0, 0.05) is 35.5 Å². The van der Waals surface area contributed by atoms with E-state index in [1.807, 2.05) is 24.3 Å². The Hall–Kier alpha value is -4.32. The van der Waals surface area contributed by atoms with Crippen molar-refractivity contribution < 1.29 is 22.7 Å². The highest BCUT2D eigenvalue weighted by molar-refractivity contribution is 8.14. The number of aliphatic imine (C=N–C) groups is 1. The molecule has 0 bridgehead atoms. The van der Waals surface area contributed by atoms with Gasteiger partial charge in [-0.1, -0.05) is 62.0 Å². The predicted octanol–water partition coefficient (Wildman–Crippen LogP) is 7.44. The molecular formula is C32H31F3N6O2S. The normalized spacial score (nSPS) is 19.1. The molecule has 0 radical (unpaired) electrons. The van der Waals surface area contributed by atoms with Crippen LogP contribution >= 0.6 is 11.8 Å². The fourth-order valence-electron chi connectivity index (χ4n) is 5.29. The molecule has 2 atom stereocenters. The number of nitrogens with one attached hydrogen (secondary N) is 1. The van der Waals surface area contributed by atoms with Crippen LogP contribution in [0.15, 0.2) is 78.0 Å². The number of anilines is 1. The number of aromatic nitrogens is 3. The van der Waals surface area contributed by atoms with Gasteiger partial charge in [-0.25, -0.2) is 14.5 Å². The summed E-state index contributed by atoms with van der Waals surface area (Å²) >= 11 is 1.60. The summed E-state index contributed by atoms with van der Waals surface area (Å²) in [5.41, 5.74) is 5.99. The molecule has 2 fully saturated rings. The number of carbonyl (C=O) groups is 1. The molecular weight excluding hydrogens is 589 g/mol. The van der Waals surface area contributed by atoms with Gasteiger partial charge in [0.05, 0.1) is 5.69 Å². The first kappa shape index (κ1) is 29.7. The lowest BCUT2D eigenvalue weighted by molar-refractivity contribution is -0.274. The van der Waals surface area contributed by atoms with Crippen molar-refractivity contribution in [3.05, 3.63) is 89.7 Å². The van der Waals surface area contributed by atoms with Gasteiger partial charge in [0.2, 0.25) is 0 Å². The summed E-state index contributed by atoms with van der Waals surface area (Å²) in [7, 11) is 0. The summed E-state index contributed by atoms with van der Waals surface area (Å²) < 4.78 is 42.7. The minimum atomic E-state index is -4.75. The smallest absolute Gasteiger partial charge is 0.406 e. The fourth-order valence-corrected chi connectivity index (χ4v) is 6.24. The number of alkyl halides is 3. The number of nitrogens with zero attached hydrogens (tertiary/aromatic N) is 5. The molecule has 1 aliphatic carbocycles. The number of amidine groups is 1. The molecule has 2 amide bonds. The number of hydrogen-bond donors (Lipinski definition) is 1. The molecule has 0 spiro atoms. The van der Waals surface area contributed by atoms with Crippen LogP contribution in [0.25, 0.3) is 17.1 Å². The molecule has 2 unspecified atom stereocenters. The highest BCUT2D eigenvalue weighted by Gasteiger charge is 2.40. The highest BCUT2D eigenvalue weighted by Crippen LogP contribution is 2.41. The van der Waals surface area contributed by atoms with Crippen LogP contribution in [0.4, 0.5) is 23.7 Å². The largest absolute Gasteiger partial charge is 0.573 e. The third-order valence-electron chi connectivity index (χ3n) is 7.60. The molecule has 12 heteroatoms. The number of urea groups is 1. The Kier molecular flexibility index (Phi) is 8.10. The minimum Gasteiger partial charge on any atom is -0.406 e. The lowest BCUT2D eigenvalue weighted by Gasteiger charge is -2.23. The van der Waals surface area contributed by atoms with Crippen LogP contribution in [0.5, 0.6) is 5.75 Å². The van der Waals surface area contributed by atoms with Crippen LogP contribution in [-0.4, -0.2) is 50.7 Å². The third-order valence-corrected chi connectivity index (χ3v) is 8.55. The molecule has 1 aliphatic heterocycles. The van der Waals surface area contributed by atoms with Gasteiger partial charge < -0.3 is 15.0 Å². The zero-order valence-corrected chi connectivity index (χ0v) is 25.2. The van der Waals surface area contributed by atoms with E-state index in [4.69, 9.17) is 0 Å². The van der Waals surface area contributed by atoms with E-state index in [2.05, 4.69) is 69.0 Å². The van der Waals surface area contributed by atoms with Crippen LogP contribution in [0.2, 0.25) is 0 Å². The Labute approximate surface area is 257 Å². The Bertz CT molecular complexity index is 1690. The van der Waals surface area contributed by atoms with E-state index in [0.29, 0.717) is 17.4 Å². The number of thioether (sulfide) groups is 1. The number of carbonyl (C=O) groups excluding carboxylic acids is 1. The van der Waals surface area contributed by atoms with Gasteiger partial charge in [0.1, 0.15) is 12.1 Å². The van der Waals surface area contributed by atoms with Crippen molar-refractivity contribution >= 4 is 28.6 Å². The van der Waals surface area contributed by atoms with Crippen molar-refractivity contribution in [2.45, 2.75) is 51.4 Å². The maximum absolute atomic E-state index is 12.9. The van der Waals surface area contributed by atoms with Crippen LogP contribution < -0.4 is 15.0 Å². The van der Waals surface area contributed by atoms with Gasteiger partial charge in [-0.3, -0.25) is 0 Å². The fraction of sp³-hybridized carbons (Fsp3) is 0.312. The van der Waals surface area contributed by atoms with Crippen LogP contribution in [0.1, 0.15) is 48.8 Å². The van der Waals surface area contributed by atoms with E-state index in [1.165, 1.54) is 46.4 Å². The van der Waals surface area contributed by atoms with Crippen LogP contribution in [0, 0.1) is 6.92 Å². The summed E-state index contributed by atoms with van der Waals surface area (Å²) in [5.74, 6) is 1.62.